The van der Waals surface area contributed by atoms with Crippen molar-refractivity contribution < 1.29 is 9.21 Å². The zero-order chi connectivity index (χ0) is 25.1. The SMILES string of the molecule is O=C(CCN1C(=S)N[C@H](c2ccccn2)[C@H]1c1ccc(-c2cccc(Cl)c2Cl)o1)Nc1ccccc1. The third kappa shape index (κ3) is 5.09. The van der Waals surface area contributed by atoms with Gasteiger partial charge in [0.25, 0.3) is 0 Å². The Hall–Kier alpha value is -3.39. The molecule has 3 heterocycles. The highest BCUT2D eigenvalue weighted by molar-refractivity contribution is 7.80. The fourth-order valence-corrected chi connectivity index (χ4v) is 5.00. The smallest absolute Gasteiger partial charge is 0.226 e. The molecule has 5 rings (SSSR count). The molecule has 4 aromatic rings. The Morgan fingerprint density at radius 1 is 1.03 bits per heavy atom. The maximum absolute atomic E-state index is 12.7. The Bertz CT molecular complexity index is 1380. The van der Waals surface area contributed by atoms with Crippen LogP contribution in [0.5, 0.6) is 0 Å². The van der Waals surface area contributed by atoms with Gasteiger partial charge in [0.05, 0.1) is 21.8 Å². The number of aromatic nitrogens is 1. The molecule has 0 saturated carbocycles. The van der Waals surface area contributed by atoms with E-state index in [1.54, 1.807) is 12.3 Å². The van der Waals surface area contributed by atoms with Crippen LogP contribution in [0.25, 0.3) is 11.3 Å². The van der Waals surface area contributed by atoms with Crippen molar-refractivity contribution >= 4 is 52.1 Å². The monoisotopic (exact) mass is 536 g/mol. The van der Waals surface area contributed by atoms with Crippen LogP contribution in [0.3, 0.4) is 0 Å². The molecule has 0 bridgehead atoms. The van der Waals surface area contributed by atoms with Gasteiger partial charge in [-0.2, -0.15) is 0 Å². The van der Waals surface area contributed by atoms with Crippen LogP contribution < -0.4 is 10.6 Å². The summed E-state index contributed by atoms with van der Waals surface area (Å²) in [6.45, 7) is 0.395. The number of pyridine rings is 1. The van der Waals surface area contributed by atoms with Crippen molar-refractivity contribution in [1.29, 1.82) is 0 Å². The molecule has 1 aliphatic rings. The third-order valence-electron chi connectivity index (χ3n) is 5.97. The lowest BCUT2D eigenvalue weighted by Gasteiger charge is -2.25. The number of rotatable bonds is 7. The van der Waals surface area contributed by atoms with Gasteiger partial charge in [-0.3, -0.25) is 9.78 Å². The number of para-hydroxylation sites is 1. The molecule has 182 valence electrons. The standard InChI is InChI=1S/C27H22Cl2N4O2S/c28-19-10-6-9-18(24(19)29)21-12-13-22(35-21)26-25(20-11-4-5-15-30-20)32-27(36)33(26)16-14-23(34)31-17-7-2-1-3-8-17/h1-13,15,25-26H,14,16H2,(H,31,34)(H,32,36)/t25-,26-/m1/s1. The van der Waals surface area contributed by atoms with E-state index in [1.807, 2.05) is 77.7 Å². The predicted molar refractivity (Wildman–Crippen MR) is 146 cm³/mol. The number of hydrogen-bond acceptors (Lipinski definition) is 4. The Morgan fingerprint density at radius 2 is 1.83 bits per heavy atom. The molecule has 6 nitrogen and oxygen atoms in total. The van der Waals surface area contributed by atoms with E-state index in [0.29, 0.717) is 38.8 Å². The second kappa shape index (κ2) is 10.7. The van der Waals surface area contributed by atoms with Crippen LogP contribution in [0, 0.1) is 0 Å². The van der Waals surface area contributed by atoms with Gasteiger partial charge < -0.3 is 20.0 Å². The number of nitrogens with one attached hydrogen (secondary N) is 2. The Labute approximate surface area is 224 Å². The Morgan fingerprint density at radius 3 is 2.61 bits per heavy atom. The minimum absolute atomic E-state index is 0.102. The number of halogens is 2. The van der Waals surface area contributed by atoms with Crippen LogP contribution in [0.1, 0.15) is 30.0 Å². The number of nitrogens with zero attached hydrogens (tertiary/aromatic N) is 2. The van der Waals surface area contributed by atoms with Crippen LogP contribution in [0.2, 0.25) is 10.0 Å². The van der Waals surface area contributed by atoms with Gasteiger partial charge in [0.15, 0.2) is 5.11 Å². The first-order valence-electron chi connectivity index (χ1n) is 11.4. The molecule has 1 fully saturated rings. The molecule has 0 unspecified atom stereocenters. The molecule has 0 spiro atoms. The van der Waals surface area contributed by atoms with E-state index in [4.69, 9.17) is 39.8 Å². The van der Waals surface area contributed by atoms with E-state index >= 15 is 0 Å². The van der Waals surface area contributed by atoms with Crippen LogP contribution in [-0.4, -0.2) is 27.4 Å². The lowest BCUT2D eigenvalue weighted by Crippen LogP contribution is -2.32. The number of anilines is 1. The van der Waals surface area contributed by atoms with Gasteiger partial charge >= 0.3 is 0 Å². The predicted octanol–water partition coefficient (Wildman–Crippen LogP) is 6.65. The number of hydrogen-bond donors (Lipinski definition) is 2. The molecule has 1 saturated heterocycles. The van der Waals surface area contributed by atoms with E-state index in [9.17, 15) is 4.79 Å². The molecule has 2 atom stereocenters. The number of amides is 1. The maximum atomic E-state index is 12.7. The zero-order valence-corrected chi connectivity index (χ0v) is 21.4. The van der Waals surface area contributed by atoms with Gasteiger partial charge in [-0.15, -0.1) is 0 Å². The molecule has 1 amide bonds. The van der Waals surface area contributed by atoms with Crippen LogP contribution in [-0.2, 0) is 4.79 Å². The van der Waals surface area contributed by atoms with Gasteiger partial charge in [0, 0.05) is 30.4 Å². The largest absolute Gasteiger partial charge is 0.459 e. The molecule has 2 aromatic heterocycles. The molecule has 0 radical (unpaired) electrons. The second-order valence-electron chi connectivity index (χ2n) is 8.29. The average Bonchev–Trinajstić information content (AvgIpc) is 3.50. The summed E-state index contributed by atoms with van der Waals surface area (Å²) in [6, 6.07) is 23.7. The minimum atomic E-state index is -0.316. The molecule has 0 aliphatic carbocycles. The summed E-state index contributed by atoms with van der Waals surface area (Å²) >= 11 is 18.3. The number of carbonyl (C=O) groups excluding carboxylic acids is 1. The third-order valence-corrected chi connectivity index (χ3v) is 7.14. The Kier molecular flexibility index (Phi) is 7.23. The van der Waals surface area contributed by atoms with Gasteiger partial charge in [0.2, 0.25) is 5.91 Å². The molecule has 2 N–H and O–H groups in total. The number of thiocarbonyl (C=S) groups is 1. The number of benzene rings is 2. The number of carbonyl (C=O) groups is 1. The summed E-state index contributed by atoms with van der Waals surface area (Å²) in [5.74, 6) is 1.17. The zero-order valence-electron chi connectivity index (χ0n) is 19.0. The first kappa shape index (κ1) is 24.3. The summed E-state index contributed by atoms with van der Waals surface area (Å²) in [7, 11) is 0. The van der Waals surface area contributed by atoms with Crippen LogP contribution in [0.15, 0.2) is 89.5 Å². The lowest BCUT2D eigenvalue weighted by atomic mass is 10.0. The van der Waals surface area contributed by atoms with Crippen molar-refractivity contribution in [1.82, 2.24) is 15.2 Å². The fraction of sp³-hybridized carbons (Fsp3) is 0.148. The van der Waals surface area contributed by atoms with E-state index in [2.05, 4.69) is 15.6 Å². The molecular formula is C27H22Cl2N4O2S. The average molecular weight is 537 g/mol. The van der Waals surface area contributed by atoms with Gasteiger partial charge in [-0.1, -0.05) is 53.5 Å². The quantitative estimate of drug-likeness (QED) is 0.257. The van der Waals surface area contributed by atoms with Gasteiger partial charge in [-0.05, 0) is 60.7 Å². The summed E-state index contributed by atoms with van der Waals surface area (Å²) in [6.07, 6.45) is 1.99. The molecular weight excluding hydrogens is 515 g/mol. The summed E-state index contributed by atoms with van der Waals surface area (Å²) in [5.41, 5.74) is 2.27. The Balaban J connectivity index is 1.42. The van der Waals surface area contributed by atoms with Gasteiger partial charge in [0.1, 0.15) is 17.6 Å². The maximum Gasteiger partial charge on any atom is 0.226 e. The van der Waals surface area contributed by atoms with E-state index in [1.165, 1.54) is 0 Å². The highest BCUT2D eigenvalue weighted by Gasteiger charge is 2.41. The van der Waals surface area contributed by atoms with Crippen molar-refractivity contribution in [2.24, 2.45) is 0 Å². The lowest BCUT2D eigenvalue weighted by molar-refractivity contribution is -0.116. The van der Waals surface area contributed by atoms with Crippen molar-refractivity contribution in [3.63, 3.8) is 0 Å². The fourth-order valence-electron chi connectivity index (χ4n) is 4.27. The summed E-state index contributed by atoms with van der Waals surface area (Å²) in [5, 5.41) is 7.70. The topological polar surface area (TPSA) is 70.4 Å². The first-order valence-corrected chi connectivity index (χ1v) is 12.5. The first-order chi connectivity index (χ1) is 17.5. The minimum Gasteiger partial charge on any atom is -0.459 e. The highest BCUT2D eigenvalue weighted by atomic mass is 35.5. The number of furan rings is 1. The van der Waals surface area contributed by atoms with Crippen LogP contribution >= 0.6 is 35.4 Å². The molecule has 9 heteroatoms. The van der Waals surface area contributed by atoms with E-state index < -0.39 is 0 Å². The second-order valence-corrected chi connectivity index (χ2v) is 9.46. The van der Waals surface area contributed by atoms with E-state index in [-0.39, 0.29) is 24.4 Å². The normalized spacial score (nSPS) is 17.2. The van der Waals surface area contributed by atoms with Crippen molar-refractivity contribution in [3.05, 3.63) is 107 Å². The van der Waals surface area contributed by atoms with Crippen LogP contribution in [0.4, 0.5) is 5.69 Å². The molecule has 36 heavy (non-hydrogen) atoms. The van der Waals surface area contributed by atoms with Crippen molar-refractivity contribution in [2.45, 2.75) is 18.5 Å². The van der Waals surface area contributed by atoms with E-state index in [0.717, 1.165) is 11.4 Å². The summed E-state index contributed by atoms with van der Waals surface area (Å²) in [4.78, 5) is 19.2. The van der Waals surface area contributed by atoms with Crippen molar-refractivity contribution in [3.8, 4) is 11.3 Å². The molecule has 1 aliphatic heterocycles. The highest BCUT2D eigenvalue weighted by Crippen LogP contribution is 2.42. The van der Waals surface area contributed by atoms with Gasteiger partial charge in [-0.25, -0.2) is 0 Å². The van der Waals surface area contributed by atoms with Crippen molar-refractivity contribution in [2.75, 3.05) is 11.9 Å². The summed E-state index contributed by atoms with van der Waals surface area (Å²) < 4.78 is 6.31. The molecule has 2 aromatic carbocycles.